The van der Waals surface area contributed by atoms with Crippen molar-refractivity contribution in [3.8, 4) is 11.5 Å². The highest BCUT2D eigenvalue weighted by atomic mass is 79.9. The van der Waals surface area contributed by atoms with Gasteiger partial charge in [-0.15, -0.1) is 0 Å². The lowest BCUT2D eigenvalue weighted by Crippen LogP contribution is -2.14. The van der Waals surface area contributed by atoms with Crippen LogP contribution >= 0.6 is 15.9 Å². The van der Waals surface area contributed by atoms with E-state index < -0.39 is 0 Å². The highest BCUT2D eigenvalue weighted by molar-refractivity contribution is 9.10. The topological polar surface area (TPSA) is 64.6 Å². The fourth-order valence-electron chi connectivity index (χ4n) is 2.09. The van der Waals surface area contributed by atoms with Gasteiger partial charge in [0.05, 0.1) is 19.9 Å². The number of Topliss-reactive ketones (excluding diaryl/α,β-unsaturated/α-hetero) is 1. The quantitative estimate of drug-likeness (QED) is 0.801. The Labute approximate surface area is 142 Å². The monoisotopic (exact) mass is 377 g/mol. The summed E-state index contributed by atoms with van der Waals surface area (Å²) in [4.78, 5) is 24.1. The van der Waals surface area contributed by atoms with Crippen LogP contribution in [-0.4, -0.2) is 25.9 Å². The van der Waals surface area contributed by atoms with Gasteiger partial charge in [-0.25, -0.2) is 0 Å². The molecule has 0 saturated heterocycles. The number of para-hydroxylation sites is 1. The molecule has 1 N–H and O–H groups in total. The molecule has 0 spiro atoms. The number of ether oxygens (including phenoxy) is 2. The number of benzene rings is 2. The molecule has 0 aliphatic heterocycles. The van der Waals surface area contributed by atoms with Gasteiger partial charge in [-0.2, -0.15) is 0 Å². The molecule has 0 bridgehead atoms. The molecule has 5 nitrogen and oxygen atoms in total. The molecule has 0 fully saturated rings. The second-order valence-electron chi connectivity index (χ2n) is 4.75. The fourth-order valence-corrected chi connectivity index (χ4v) is 2.65. The first kappa shape index (κ1) is 17.0. The van der Waals surface area contributed by atoms with E-state index in [-0.39, 0.29) is 11.7 Å². The van der Waals surface area contributed by atoms with E-state index in [1.54, 1.807) is 36.4 Å². The van der Waals surface area contributed by atoms with Crippen LogP contribution in [0.2, 0.25) is 0 Å². The molecule has 0 unspecified atom stereocenters. The molecular formula is C17H16BrNO4. The Kier molecular flexibility index (Phi) is 5.39. The number of methoxy groups -OCH3 is 2. The van der Waals surface area contributed by atoms with Crippen LogP contribution in [0.3, 0.4) is 0 Å². The van der Waals surface area contributed by atoms with Crippen LogP contribution in [0, 0.1) is 0 Å². The normalized spacial score (nSPS) is 10.1. The Balaban J connectivity index is 2.37. The number of carbonyl (C=O) groups is 2. The third-order valence-corrected chi connectivity index (χ3v) is 4.04. The van der Waals surface area contributed by atoms with Crippen molar-refractivity contribution < 1.29 is 19.1 Å². The molecule has 6 heteroatoms. The summed E-state index contributed by atoms with van der Waals surface area (Å²) in [6.07, 6.45) is 0. The number of hydrogen-bond donors (Lipinski definition) is 1. The first-order chi connectivity index (χ1) is 11.0. The smallest absolute Gasteiger partial charge is 0.255 e. The largest absolute Gasteiger partial charge is 0.495 e. The van der Waals surface area contributed by atoms with Gasteiger partial charge in [-0.05, 0) is 47.1 Å². The third-order valence-electron chi connectivity index (χ3n) is 3.26. The van der Waals surface area contributed by atoms with E-state index in [0.29, 0.717) is 32.8 Å². The van der Waals surface area contributed by atoms with E-state index in [1.165, 1.54) is 21.1 Å². The highest BCUT2D eigenvalue weighted by Crippen LogP contribution is 2.35. The molecule has 1 amide bonds. The zero-order chi connectivity index (χ0) is 17.0. The lowest BCUT2D eigenvalue weighted by Gasteiger charge is -2.13. The number of anilines is 1. The number of carbonyl (C=O) groups excluding carboxylic acids is 2. The van der Waals surface area contributed by atoms with Crippen molar-refractivity contribution in [1.82, 2.24) is 0 Å². The fraction of sp³-hybridized carbons (Fsp3) is 0.176. The van der Waals surface area contributed by atoms with E-state index in [2.05, 4.69) is 21.2 Å². The minimum Gasteiger partial charge on any atom is -0.495 e. The Morgan fingerprint density at radius 2 is 1.61 bits per heavy atom. The Hall–Kier alpha value is -2.34. The van der Waals surface area contributed by atoms with E-state index >= 15 is 0 Å². The Morgan fingerprint density at radius 3 is 2.13 bits per heavy atom. The Bertz CT molecular complexity index is 733. The van der Waals surface area contributed by atoms with Crippen LogP contribution in [0.15, 0.2) is 40.9 Å². The van der Waals surface area contributed by atoms with Gasteiger partial charge in [-0.1, -0.05) is 12.1 Å². The maximum absolute atomic E-state index is 12.5. The molecule has 2 aromatic carbocycles. The summed E-state index contributed by atoms with van der Waals surface area (Å²) in [5.74, 6) is 0.485. The molecule has 0 aliphatic rings. The van der Waals surface area contributed by atoms with Crippen molar-refractivity contribution in [2.75, 3.05) is 19.5 Å². The number of nitrogens with one attached hydrogen (secondary N) is 1. The second-order valence-corrected chi connectivity index (χ2v) is 5.54. The van der Waals surface area contributed by atoms with Crippen molar-refractivity contribution in [1.29, 1.82) is 0 Å². The number of rotatable bonds is 5. The summed E-state index contributed by atoms with van der Waals surface area (Å²) in [6, 6.07) is 10.0. The van der Waals surface area contributed by atoms with Crippen LogP contribution < -0.4 is 14.8 Å². The third kappa shape index (κ3) is 3.71. The first-order valence-electron chi connectivity index (χ1n) is 6.80. The summed E-state index contributed by atoms with van der Waals surface area (Å²) < 4.78 is 11.1. The number of halogens is 1. The van der Waals surface area contributed by atoms with Gasteiger partial charge in [0.1, 0.15) is 16.0 Å². The lowest BCUT2D eigenvalue weighted by atomic mass is 10.1. The second kappa shape index (κ2) is 7.28. The lowest BCUT2D eigenvalue weighted by molar-refractivity contribution is 0.101. The van der Waals surface area contributed by atoms with Gasteiger partial charge < -0.3 is 14.8 Å². The summed E-state index contributed by atoms with van der Waals surface area (Å²) in [6.45, 7) is 1.46. The Morgan fingerprint density at radius 1 is 1.04 bits per heavy atom. The predicted molar refractivity (Wildman–Crippen MR) is 91.6 cm³/mol. The SMILES string of the molecule is COc1cc(C(=O)Nc2ccccc2C(C)=O)cc(OC)c1Br. The average Bonchev–Trinajstić information content (AvgIpc) is 2.55. The molecule has 0 atom stereocenters. The van der Waals surface area contributed by atoms with E-state index in [1.807, 2.05) is 0 Å². The number of hydrogen-bond acceptors (Lipinski definition) is 4. The zero-order valence-electron chi connectivity index (χ0n) is 13.0. The number of ketones is 1. The average molecular weight is 378 g/mol. The molecule has 23 heavy (non-hydrogen) atoms. The van der Waals surface area contributed by atoms with Gasteiger partial charge in [0, 0.05) is 11.1 Å². The highest BCUT2D eigenvalue weighted by Gasteiger charge is 2.16. The van der Waals surface area contributed by atoms with E-state index in [4.69, 9.17) is 9.47 Å². The van der Waals surface area contributed by atoms with Crippen LogP contribution in [0.5, 0.6) is 11.5 Å². The maximum Gasteiger partial charge on any atom is 0.255 e. The molecule has 120 valence electrons. The zero-order valence-corrected chi connectivity index (χ0v) is 14.6. The van der Waals surface area contributed by atoms with Crippen molar-refractivity contribution in [2.24, 2.45) is 0 Å². The first-order valence-corrected chi connectivity index (χ1v) is 7.60. The van der Waals surface area contributed by atoms with Crippen molar-refractivity contribution in [3.63, 3.8) is 0 Å². The molecule has 0 saturated carbocycles. The van der Waals surface area contributed by atoms with Crippen LogP contribution in [0.25, 0.3) is 0 Å². The molecule has 0 radical (unpaired) electrons. The van der Waals surface area contributed by atoms with Crippen LogP contribution in [0.4, 0.5) is 5.69 Å². The molecule has 2 aromatic rings. The van der Waals surface area contributed by atoms with Crippen molar-refractivity contribution >= 4 is 33.3 Å². The van der Waals surface area contributed by atoms with Gasteiger partial charge in [0.2, 0.25) is 0 Å². The van der Waals surface area contributed by atoms with Crippen molar-refractivity contribution in [2.45, 2.75) is 6.92 Å². The molecule has 0 aliphatic carbocycles. The van der Waals surface area contributed by atoms with Crippen LogP contribution in [0.1, 0.15) is 27.6 Å². The summed E-state index contributed by atoms with van der Waals surface area (Å²) >= 11 is 3.36. The van der Waals surface area contributed by atoms with Gasteiger partial charge in [0.25, 0.3) is 5.91 Å². The summed E-state index contributed by atoms with van der Waals surface area (Å²) in [5, 5.41) is 2.74. The van der Waals surface area contributed by atoms with Gasteiger partial charge in [0.15, 0.2) is 5.78 Å². The summed E-state index contributed by atoms with van der Waals surface area (Å²) in [7, 11) is 3.01. The van der Waals surface area contributed by atoms with Gasteiger partial charge >= 0.3 is 0 Å². The minimum atomic E-state index is -0.359. The van der Waals surface area contributed by atoms with Gasteiger partial charge in [-0.3, -0.25) is 9.59 Å². The maximum atomic E-state index is 12.5. The minimum absolute atomic E-state index is 0.119. The molecule has 0 heterocycles. The standard InChI is InChI=1S/C17H16BrNO4/c1-10(20)12-6-4-5-7-13(12)19-17(21)11-8-14(22-2)16(18)15(9-11)23-3/h4-9H,1-3H3,(H,19,21). The number of amides is 1. The summed E-state index contributed by atoms with van der Waals surface area (Å²) in [5.41, 5.74) is 1.28. The van der Waals surface area contributed by atoms with E-state index in [9.17, 15) is 9.59 Å². The van der Waals surface area contributed by atoms with E-state index in [0.717, 1.165) is 0 Å². The predicted octanol–water partition coefficient (Wildman–Crippen LogP) is 3.92. The van der Waals surface area contributed by atoms with Crippen molar-refractivity contribution in [3.05, 3.63) is 52.0 Å². The molecule has 2 rings (SSSR count). The molecular weight excluding hydrogens is 362 g/mol. The van der Waals surface area contributed by atoms with Crippen LogP contribution in [-0.2, 0) is 0 Å². The molecule has 0 aromatic heterocycles.